The highest BCUT2D eigenvalue weighted by atomic mass is 16.5. The number of esters is 1. The summed E-state index contributed by atoms with van der Waals surface area (Å²) >= 11 is 0. The zero-order valence-electron chi connectivity index (χ0n) is 8.65. The summed E-state index contributed by atoms with van der Waals surface area (Å²) in [5.74, 6) is 0.252. The van der Waals surface area contributed by atoms with Gasteiger partial charge in [0.05, 0.1) is 0 Å². The van der Waals surface area contributed by atoms with Crippen LogP contribution in [0, 0.1) is 6.92 Å². The predicted octanol–water partition coefficient (Wildman–Crippen LogP) is 2.47. The molecule has 0 saturated heterocycles. The van der Waals surface area contributed by atoms with Crippen molar-refractivity contribution in [1.29, 1.82) is 0 Å². The van der Waals surface area contributed by atoms with E-state index < -0.39 is 0 Å². The molecule has 0 amide bonds. The largest absolute Gasteiger partial charge is 0.427 e. The Morgan fingerprint density at radius 1 is 1.33 bits per heavy atom. The first-order chi connectivity index (χ1) is 7.16. The SMILES string of the molecule is CC(=O)Oc1ccc2ccnc(C)c2c1. The fourth-order valence-electron chi connectivity index (χ4n) is 1.52. The van der Waals surface area contributed by atoms with Gasteiger partial charge in [-0.15, -0.1) is 0 Å². The van der Waals surface area contributed by atoms with E-state index in [2.05, 4.69) is 4.98 Å². The second-order valence-corrected chi connectivity index (χ2v) is 3.37. The molecule has 0 spiro atoms. The van der Waals surface area contributed by atoms with Crippen LogP contribution in [0.1, 0.15) is 12.6 Å². The fourth-order valence-corrected chi connectivity index (χ4v) is 1.52. The molecule has 0 saturated carbocycles. The molecule has 3 nitrogen and oxygen atoms in total. The maximum atomic E-state index is 10.8. The van der Waals surface area contributed by atoms with E-state index in [-0.39, 0.29) is 5.97 Å². The molecule has 0 N–H and O–H groups in total. The lowest BCUT2D eigenvalue weighted by molar-refractivity contribution is -0.131. The summed E-state index contributed by atoms with van der Waals surface area (Å²) in [4.78, 5) is 15.0. The number of aryl methyl sites for hydroxylation is 1. The Morgan fingerprint density at radius 3 is 2.87 bits per heavy atom. The lowest BCUT2D eigenvalue weighted by atomic mass is 10.1. The molecule has 2 aromatic rings. The van der Waals surface area contributed by atoms with Gasteiger partial charge in [-0.2, -0.15) is 0 Å². The van der Waals surface area contributed by atoms with E-state index in [4.69, 9.17) is 4.74 Å². The third-order valence-electron chi connectivity index (χ3n) is 2.20. The molecule has 0 aliphatic rings. The van der Waals surface area contributed by atoms with E-state index in [1.54, 1.807) is 12.3 Å². The number of ether oxygens (including phenoxy) is 1. The van der Waals surface area contributed by atoms with Crippen LogP contribution in [0.2, 0.25) is 0 Å². The molecule has 3 heteroatoms. The van der Waals surface area contributed by atoms with Crippen molar-refractivity contribution in [1.82, 2.24) is 4.98 Å². The lowest BCUT2D eigenvalue weighted by Gasteiger charge is -2.04. The summed E-state index contributed by atoms with van der Waals surface area (Å²) in [6, 6.07) is 7.46. The van der Waals surface area contributed by atoms with Crippen LogP contribution in [0.5, 0.6) is 5.75 Å². The Balaban J connectivity index is 2.54. The van der Waals surface area contributed by atoms with Crippen molar-refractivity contribution in [3.63, 3.8) is 0 Å². The van der Waals surface area contributed by atoms with Crippen LogP contribution in [0.15, 0.2) is 30.5 Å². The fraction of sp³-hybridized carbons (Fsp3) is 0.167. The van der Waals surface area contributed by atoms with Gasteiger partial charge in [0.2, 0.25) is 0 Å². The van der Waals surface area contributed by atoms with Gasteiger partial charge in [0, 0.05) is 24.2 Å². The molecule has 1 aromatic heterocycles. The highest BCUT2D eigenvalue weighted by molar-refractivity contribution is 5.86. The van der Waals surface area contributed by atoms with Gasteiger partial charge in [0.25, 0.3) is 0 Å². The number of carbonyl (C=O) groups is 1. The molecule has 76 valence electrons. The first-order valence-corrected chi connectivity index (χ1v) is 4.70. The molecule has 0 aliphatic carbocycles. The molecule has 15 heavy (non-hydrogen) atoms. The molecular weight excluding hydrogens is 190 g/mol. The molecule has 0 radical (unpaired) electrons. The smallest absolute Gasteiger partial charge is 0.308 e. The normalized spacial score (nSPS) is 10.3. The van der Waals surface area contributed by atoms with Crippen molar-refractivity contribution < 1.29 is 9.53 Å². The topological polar surface area (TPSA) is 39.2 Å². The quantitative estimate of drug-likeness (QED) is 0.525. The van der Waals surface area contributed by atoms with Crippen LogP contribution in [0.4, 0.5) is 0 Å². The van der Waals surface area contributed by atoms with Crippen LogP contribution in [-0.4, -0.2) is 11.0 Å². The van der Waals surface area contributed by atoms with E-state index in [0.29, 0.717) is 5.75 Å². The average molecular weight is 201 g/mol. The zero-order valence-corrected chi connectivity index (χ0v) is 8.65. The molecule has 1 heterocycles. The van der Waals surface area contributed by atoms with Crippen LogP contribution in [0.3, 0.4) is 0 Å². The van der Waals surface area contributed by atoms with Crippen molar-refractivity contribution in [2.45, 2.75) is 13.8 Å². The van der Waals surface area contributed by atoms with E-state index >= 15 is 0 Å². The van der Waals surface area contributed by atoms with E-state index in [0.717, 1.165) is 16.5 Å². The van der Waals surface area contributed by atoms with Crippen LogP contribution in [-0.2, 0) is 4.79 Å². The zero-order chi connectivity index (χ0) is 10.8. The van der Waals surface area contributed by atoms with Gasteiger partial charge in [-0.25, -0.2) is 0 Å². The minimum absolute atomic E-state index is 0.309. The number of nitrogens with zero attached hydrogens (tertiary/aromatic N) is 1. The summed E-state index contributed by atoms with van der Waals surface area (Å²) in [7, 11) is 0. The molecule has 1 aromatic carbocycles. The number of hydrogen-bond acceptors (Lipinski definition) is 3. The second kappa shape index (κ2) is 3.69. The van der Waals surface area contributed by atoms with Crippen molar-refractivity contribution >= 4 is 16.7 Å². The third kappa shape index (κ3) is 1.96. The molecular formula is C12H11NO2. The summed E-state index contributed by atoms with van der Waals surface area (Å²) in [5, 5.41) is 2.11. The maximum Gasteiger partial charge on any atom is 0.308 e. The number of aromatic nitrogens is 1. The minimum atomic E-state index is -0.309. The van der Waals surface area contributed by atoms with Crippen molar-refractivity contribution in [2.24, 2.45) is 0 Å². The average Bonchev–Trinajstić information content (AvgIpc) is 2.18. The highest BCUT2D eigenvalue weighted by Crippen LogP contribution is 2.22. The van der Waals surface area contributed by atoms with Crippen LogP contribution in [0.25, 0.3) is 10.8 Å². The Hall–Kier alpha value is -1.90. The molecule has 2 rings (SSSR count). The second-order valence-electron chi connectivity index (χ2n) is 3.37. The van der Waals surface area contributed by atoms with Gasteiger partial charge in [-0.3, -0.25) is 9.78 Å². The molecule has 0 unspecified atom stereocenters. The van der Waals surface area contributed by atoms with Gasteiger partial charge < -0.3 is 4.74 Å². The number of carbonyl (C=O) groups excluding carboxylic acids is 1. The summed E-state index contributed by atoms with van der Waals surface area (Å²) < 4.78 is 5.01. The number of rotatable bonds is 1. The van der Waals surface area contributed by atoms with Crippen molar-refractivity contribution in [3.05, 3.63) is 36.2 Å². The lowest BCUT2D eigenvalue weighted by Crippen LogP contribution is -2.01. The van der Waals surface area contributed by atoms with Crippen molar-refractivity contribution in [2.75, 3.05) is 0 Å². The number of hydrogen-bond donors (Lipinski definition) is 0. The van der Waals surface area contributed by atoms with Crippen LogP contribution >= 0.6 is 0 Å². The predicted molar refractivity (Wildman–Crippen MR) is 57.8 cm³/mol. The Labute approximate surface area is 87.7 Å². The first kappa shape index (κ1) is 9.65. The number of benzene rings is 1. The standard InChI is InChI=1S/C12H11NO2/c1-8-12-7-11(15-9(2)14)4-3-10(12)5-6-13-8/h3-7H,1-2H3. The molecule has 0 bridgehead atoms. The highest BCUT2D eigenvalue weighted by Gasteiger charge is 2.02. The molecule has 0 atom stereocenters. The Bertz CT molecular complexity index is 520. The Morgan fingerprint density at radius 2 is 2.13 bits per heavy atom. The molecule has 0 aliphatic heterocycles. The van der Waals surface area contributed by atoms with E-state index in [1.807, 2.05) is 25.1 Å². The van der Waals surface area contributed by atoms with Gasteiger partial charge in [0.15, 0.2) is 0 Å². The first-order valence-electron chi connectivity index (χ1n) is 4.70. The summed E-state index contributed by atoms with van der Waals surface area (Å²) in [6.45, 7) is 3.32. The summed E-state index contributed by atoms with van der Waals surface area (Å²) in [6.07, 6.45) is 1.77. The van der Waals surface area contributed by atoms with E-state index in [1.165, 1.54) is 6.92 Å². The Kier molecular flexibility index (Phi) is 2.37. The van der Waals surface area contributed by atoms with E-state index in [9.17, 15) is 4.79 Å². The number of pyridine rings is 1. The minimum Gasteiger partial charge on any atom is -0.427 e. The third-order valence-corrected chi connectivity index (χ3v) is 2.20. The van der Waals surface area contributed by atoms with Crippen molar-refractivity contribution in [3.8, 4) is 5.75 Å². The number of fused-ring (bicyclic) bond motifs is 1. The van der Waals surface area contributed by atoms with Gasteiger partial charge >= 0.3 is 5.97 Å². The van der Waals surface area contributed by atoms with Gasteiger partial charge in [0.1, 0.15) is 5.75 Å². The van der Waals surface area contributed by atoms with Gasteiger partial charge in [-0.05, 0) is 30.5 Å². The summed E-state index contributed by atoms with van der Waals surface area (Å²) in [5.41, 5.74) is 0.932. The monoisotopic (exact) mass is 201 g/mol. The van der Waals surface area contributed by atoms with Crippen LogP contribution < -0.4 is 4.74 Å². The molecule has 0 fully saturated rings. The van der Waals surface area contributed by atoms with Gasteiger partial charge in [-0.1, -0.05) is 6.07 Å². The maximum absolute atomic E-state index is 10.8.